The van der Waals surface area contributed by atoms with Gasteiger partial charge in [0.1, 0.15) is 18.1 Å². The van der Waals surface area contributed by atoms with E-state index in [1.807, 2.05) is 6.07 Å². The molecule has 2 aromatic rings. The molecule has 118 valence electrons. The molecule has 2 N–H and O–H groups in total. The van der Waals surface area contributed by atoms with Crippen molar-refractivity contribution in [3.8, 4) is 11.5 Å². The van der Waals surface area contributed by atoms with Crippen molar-refractivity contribution in [1.82, 2.24) is 0 Å². The summed E-state index contributed by atoms with van der Waals surface area (Å²) in [5, 5.41) is 11.7. The predicted octanol–water partition coefficient (Wildman–Crippen LogP) is 3.91. The molecular weight excluding hydrogens is 298 g/mol. The third-order valence-electron chi connectivity index (χ3n) is 2.77. The SMILES string of the molecule is C=CCOC(=O)Nc1ccc(Oc2ccccc2)cc1C(=O)O. The van der Waals surface area contributed by atoms with Gasteiger partial charge in [-0.05, 0) is 30.3 Å². The number of rotatable bonds is 6. The summed E-state index contributed by atoms with van der Waals surface area (Å²) in [7, 11) is 0. The van der Waals surface area contributed by atoms with Gasteiger partial charge in [0.05, 0.1) is 11.3 Å². The average molecular weight is 313 g/mol. The Bertz CT molecular complexity index is 712. The highest BCUT2D eigenvalue weighted by molar-refractivity contribution is 5.99. The van der Waals surface area contributed by atoms with Gasteiger partial charge in [-0.3, -0.25) is 5.32 Å². The van der Waals surface area contributed by atoms with Crippen LogP contribution in [0.2, 0.25) is 0 Å². The molecule has 0 saturated carbocycles. The van der Waals surface area contributed by atoms with E-state index in [1.54, 1.807) is 30.3 Å². The number of para-hydroxylation sites is 1. The number of aromatic carboxylic acids is 1. The summed E-state index contributed by atoms with van der Waals surface area (Å²) in [6, 6.07) is 13.3. The number of nitrogens with one attached hydrogen (secondary N) is 1. The van der Waals surface area contributed by atoms with Gasteiger partial charge in [-0.15, -0.1) is 0 Å². The van der Waals surface area contributed by atoms with Gasteiger partial charge in [0.2, 0.25) is 0 Å². The van der Waals surface area contributed by atoms with E-state index in [4.69, 9.17) is 9.47 Å². The number of carboxylic acids is 1. The van der Waals surface area contributed by atoms with Crippen molar-refractivity contribution in [3.05, 3.63) is 66.7 Å². The summed E-state index contributed by atoms with van der Waals surface area (Å²) >= 11 is 0. The zero-order valence-corrected chi connectivity index (χ0v) is 12.2. The minimum absolute atomic E-state index is 0.0312. The third kappa shape index (κ3) is 4.60. The van der Waals surface area contributed by atoms with E-state index in [0.717, 1.165) is 0 Å². The third-order valence-corrected chi connectivity index (χ3v) is 2.77. The summed E-state index contributed by atoms with van der Waals surface area (Å²) in [4.78, 5) is 22.9. The number of benzene rings is 2. The second kappa shape index (κ2) is 7.65. The van der Waals surface area contributed by atoms with Gasteiger partial charge in [-0.2, -0.15) is 0 Å². The predicted molar refractivity (Wildman–Crippen MR) is 85.1 cm³/mol. The first-order valence-electron chi connectivity index (χ1n) is 6.75. The number of hydrogen-bond donors (Lipinski definition) is 2. The minimum Gasteiger partial charge on any atom is -0.478 e. The fourth-order valence-electron chi connectivity index (χ4n) is 1.78. The van der Waals surface area contributed by atoms with Crippen molar-refractivity contribution in [2.75, 3.05) is 11.9 Å². The first-order valence-corrected chi connectivity index (χ1v) is 6.75. The van der Waals surface area contributed by atoms with Crippen LogP contribution < -0.4 is 10.1 Å². The summed E-state index contributed by atoms with van der Waals surface area (Å²) in [5.74, 6) is -0.268. The average Bonchev–Trinajstić information content (AvgIpc) is 2.55. The smallest absolute Gasteiger partial charge is 0.411 e. The number of amides is 1. The number of carboxylic acid groups (broad SMARTS) is 1. The Morgan fingerprint density at radius 3 is 2.52 bits per heavy atom. The maximum absolute atomic E-state index is 11.5. The van der Waals surface area contributed by atoms with Crippen molar-refractivity contribution < 1.29 is 24.2 Å². The molecule has 1 amide bonds. The van der Waals surface area contributed by atoms with Gasteiger partial charge in [0, 0.05) is 0 Å². The molecule has 0 heterocycles. The Kier molecular flexibility index (Phi) is 5.35. The fraction of sp³-hybridized carbons (Fsp3) is 0.0588. The standard InChI is InChI=1S/C17H15NO5/c1-2-10-22-17(21)18-15-9-8-13(11-14(15)16(19)20)23-12-6-4-3-5-7-12/h2-9,11H,1,10H2,(H,18,21)(H,19,20). The van der Waals surface area contributed by atoms with Crippen LogP contribution in [0.1, 0.15) is 10.4 Å². The first kappa shape index (κ1) is 16.1. The van der Waals surface area contributed by atoms with E-state index in [0.29, 0.717) is 11.5 Å². The maximum atomic E-state index is 11.5. The highest BCUT2D eigenvalue weighted by Crippen LogP contribution is 2.26. The van der Waals surface area contributed by atoms with Crippen LogP contribution in [0.3, 0.4) is 0 Å². The van der Waals surface area contributed by atoms with Gasteiger partial charge in [0.15, 0.2) is 0 Å². The van der Waals surface area contributed by atoms with Crippen molar-refractivity contribution >= 4 is 17.7 Å². The largest absolute Gasteiger partial charge is 0.478 e. The number of anilines is 1. The molecule has 2 aromatic carbocycles. The van der Waals surface area contributed by atoms with E-state index in [1.165, 1.54) is 18.2 Å². The van der Waals surface area contributed by atoms with Crippen LogP contribution in [0, 0.1) is 0 Å². The Balaban J connectivity index is 2.19. The molecule has 0 aromatic heterocycles. The van der Waals surface area contributed by atoms with Crippen molar-refractivity contribution in [2.24, 2.45) is 0 Å². The molecule has 23 heavy (non-hydrogen) atoms. The van der Waals surface area contributed by atoms with Crippen molar-refractivity contribution in [2.45, 2.75) is 0 Å². The number of hydrogen-bond acceptors (Lipinski definition) is 4. The fourth-order valence-corrected chi connectivity index (χ4v) is 1.78. The molecule has 0 aliphatic rings. The number of carbonyl (C=O) groups excluding carboxylic acids is 1. The monoisotopic (exact) mass is 313 g/mol. The maximum Gasteiger partial charge on any atom is 0.411 e. The van der Waals surface area contributed by atoms with E-state index >= 15 is 0 Å². The molecule has 2 rings (SSSR count). The van der Waals surface area contributed by atoms with Crippen LogP contribution >= 0.6 is 0 Å². The molecular formula is C17H15NO5. The van der Waals surface area contributed by atoms with Gasteiger partial charge in [0.25, 0.3) is 0 Å². The molecule has 0 radical (unpaired) electrons. The molecule has 0 fully saturated rings. The lowest BCUT2D eigenvalue weighted by Gasteiger charge is -2.11. The molecule has 0 aliphatic heterocycles. The van der Waals surface area contributed by atoms with E-state index in [-0.39, 0.29) is 17.9 Å². The van der Waals surface area contributed by atoms with E-state index in [9.17, 15) is 14.7 Å². The lowest BCUT2D eigenvalue weighted by molar-refractivity contribution is 0.0697. The Morgan fingerprint density at radius 2 is 1.87 bits per heavy atom. The molecule has 6 nitrogen and oxygen atoms in total. The highest BCUT2D eigenvalue weighted by atomic mass is 16.5. The lowest BCUT2D eigenvalue weighted by atomic mass is 10.1. The summed E-state index contributed by atoms with van der Waals surface area (Å²) in [5.41, 5.74) is 0.0148. The molecule has 0 saturated heterocycles. The van der Waals surface area contributed by atoms with Gasteiger partial charge in [-0.25, -0.2) is 9.59 Å². The van der Waals surface area contributed by atoms with Crippen LogP contribution in [0.25, 0.3) is 0 Å². The van der Waals surface area contributed by atoms with Crippen molar-refractivity contribution in [1.29, 1.82) is 0 Å². The van der Waals surface area contributed by atoms with Crippen LogP contribution in [0.4, 0.5) is 10.5 Å². The number of ether oxygens (including phenoxy) is 2. The normalized spacial score (nSPS) is 9.74. The minimum atomic E-state index is -1.19. The van der Waals surface area contributed by atoms with E-state index < -0.39 is 12.1 Å². The molecule has 0 unspecified atom stereocenters. The zero-order valence-electron chi connectivity index (χ0n) is 12.2. The summed E-state index contributed by atoms with van der Waals surface area (Å²) < 4.78 is 10.3. The summed E-state index contributed by atoms with van der Waals surface area (Å²) in [6.07, 6.45) is 0.651. The molecule has 0 atom stereocenters. The Hall–Kier alpha value is -3.28. The molecule has 0 spiro atoms. The van der Waals surface area contributed by atoms with Crippen LogP contribution in [-0.2, 0) is 4.74 Å². The van der Waals surface area contributed by atoms with Crippen LogP contribution in [0.15, 0.2) is 61.2 Å². The first-order chi connectivity index (χ1) is 11.1. The molecule has 6 heteroatoms. The second-order valence-corrected chi connectivity index (χ2v) is 4.44. The number of carbonyl (C=O) groups is 2. The quantitative estimate of drug-likeness (QED) is 0.790. The molecule has 0 aliphatic carbocycles. The van der Waals surface area contributed by atoms with Crippen molar-refractivity contribution in [3.63, 3.8) is 0 Å². The van der Waals surface area contributed by atoms with Gasteiger partial charge >= 0.3 is 12.1 Å². The van der Waals surface area contributed by atoms with Crippen LogP contribution in [0.5, 0.6) is 11.5 Å². The Morgan fingerprint density at radius 1 is 1.13 bits per heavy atom. The van der Waals surface area contributed by atoms with Gasteiger partial charge < -0.3 is 14.6 Å². The zero-order chi connectivity index (χ0) is 16.7. The van der Waals surface area contributed by atoms with Gasteiger partial charge in [-0.1, -0.05) is 30.9 Å². The topological polar surface area (TPSA) is 84.9 Å². The van der Waals surface area contributed by atoms with E-state index in [2.05, 4.69) is 11.9 Å². The Labute approximate surface area is 133 Å². The lowest BCUT2D eigenvalue weighted by Crippen LogP contribution is -2.16. The second-order valence-electron chi connectivity index (χ2n) is 4.44. The highest BCUT2D eigenvalue weighted by Gasteiger charge is 2.14. The molecule has 0 bridgehead atoms. The summed E-state index contributed by atoms with van der Waals surface area (Å²) in [6.45, 7) is 3.45. The van der Waals surface area contributed by atoms with Crippen LogP contribution in [-0.4, -0.2) is 23.8 Å².